The molecule has 0 saturated heterocycles. The number of imide groups is 1. The molecule has 0 aliphatic rings. The molecule has 0 saturated carbocycles. The van der Waals surface area contributed by atoms with E-state index in [1.807, 2.05) is 12.1 Å². The highest BCUT2D eigenvalue weighted by molar-refractivity contribution is 5.98. The van der Waals surface area contributed by atoms with Crippen LogP contribution in [0.5, 0.6) is 0 Å². The zero-order valence-corrected chi connectivity index (χ0v) is 18.1. The van der Waals surface area contributed by atoms with Gasteiger partial charge in [-0.3, -0.25) is 14.9 Å². The van der Waals surface area contributed by atoms with Crippen molar-refractivity contribution in [2.45, 2.75) is 72.1 Å². The van der Waals surface area contributed by atoms with Gasteiger partial charge < -0.3 is 15.4 Å². The SMILES string of the molecule is CC(C)NC(=O)NC(=O)[C@H](C)OC(=O)[C@H](C)NC(=O)c1ccc(C(C)(C)C)cc1. The zero-order chi connectivity index (χ0) is 22.4. The van der Waals surface area contributed by atoms with E-state index in [-0.39, 0.29) is 11.5 Å². The molecule has 1 aromatic rings. The molecule has 0 radical (unpaired) electrons. The lowest BCUT2D eigenvalue weighted by Gasteiger charge is -2.20. The maximum Gasteiger partial charge on any atom is 0.329 e. The van der Waals surface area contributed by atoms with Gasteiger partial charge in [-0.2, -0.15) is 0 Å². The van der Waals surface area contributed by atoms with Crippen molar-refractivity contribution in [2.24, 2.45) is 0 Å². The van der Waals surface area contributed by atoms with Gasteiger partial charge in [0, 0.05) is 11.6 Å². The number of urea groups is 1. The Morgan fingerprint density at radius 3 is 1.93 bits per heavy atom. The molecule has 8 nitrogen and oxygen atoms in total. The Hall–Kier alpha value is -2.90. The summed E-state index contributed by atoms with van der Waals surface area (Å²) in [6, 6.07) is 5.33. The number of nitrogens with one attached hydrogen (secondary N) is 3. The smallest absolute Gasteiger partial charge is 0.329 e. The summed E-state index contributed by atoms with van der Waals surface area (Å²) in [7, 11) is 0. The maximum atomic E-state index is 12.3. The van der Waals surface area contributed by atoms with Crippen LogP contribution in [-0.4, -0.2) is 42.0 Å². The first-order valence-electron chi connectivity index (χ1n) is 9.54. The van der Waals surface area contributed by atoms with E-state index in [1.54, 1.807) is 26.0 Å². The van der Waals surface area contributed by atoms with Crippen LogP contribution in [0.2, 0.25) is 0 Å². The molecule has 0 fully saturated rings. The van der Waals surface area contributed by atoms with Gasteiger partial charge in [-0.15, -0.1) is 0 Å². The predicted molar refractivity (Wildman–Crippen MR) is 109 cm³/mol. The summed E-state index contributed by atoms with van der Waals surface area (Å²) in [5.41, 5.74) is 1.46. The van der Waals surface area contributed by atoms with Crippen molar-refractivity contribution >= 4 is 23.8 Å². The van der Waals surface area contributed by atoms with Crippen molar-refractivity contribution in [3.8, 4) is 0 Å². The number of rotatable bonds is 6. The molecule has 8 heteroatoms. The third-order valence-corrected chi connectivity index (χ3v) is 4.03. The van der Waals surface area contributed by atoms with Crippen molar-refractivity contribution < 1.29 is 23.9 Å². The van der Waals surface area contributed by atoms with Crippen LogP contribution >= 0.6 is 0 Å². The first-order valence-corrected chi connectivity index (χ1v) is 9.54. The van der Waals surface area contributed by atoms with Gasteiger partial charge in [-0.1, -0.05) is 32.9 Å². The van der Waals surface area contributed by atoms with E-state index in [9.17, 15) is 19.2 Å². The molecule has 160 valence electrons. The van der Waals surface area contributed by atoms with Crippen LogP contribution in [0, 0.1) is 0 Å². The van der Waals surface area contributed by atoms with Crippen LogP contribution in [0.3, 0.4) is 0 Å². The highest BCUT2D eigenvalue weighted by Gasteiger charge is 2.25. The van der Waals surface area contributed by atoms with Gasteiger partial charge in [-0.05, 0) is 50.8 Å². The number of benzene rings is 1. The summed E-state index contributed by atoms with van der Waals surface area (Å²) in [6.07, 6.45) is -1.19. The van der Waals surface area contributed by atoms with Gasteiger partial charge >= 0.3 is 12.0 Å². The van der Waals surface area contributed by atoms with Gasteiger partial charge in [0.2, 0.25) is 0 Å². The quantitative estimate of drug-likeness (QED) is 0.628. The molecule has 2 atom stereocenters. The molecule has 0 aliphatic heterocycles. The van der Waals surface area contributed by atoms with Gasteiger partial charge in [0.15, 0.2) is 6.10 Å². The number of ether oxygens (including phenoxy) is 1. The van der Waals surface area contributed by atoms with Crippen molar-refractivity contribution in [3.63, 3.8) is 0 Å². The Balaban J connectivity index is 2.59. The summed E-state index contributed by atoms with van der Waals surface area (Å²) in [6.45, 7) is 12.5. The summed E-state index contributed by atoms with van der Waals surface area (Å²) in [4.78, 5) is 47.9. The lowest BCUT2D eigenvalue weighted by Crippen LogP contribution is -2.48. The molecular weight excluding hydrogens is 374 g/mol. The second-order valence-corrected chi connectivity index (χ2v) is 8.22. The summed E-state index contributed by atoms with van der Waals surface area (Å²) in [5.74, 6) is -1.97. The molecule has 3 N–H and O–H groups in total. The highest BCUT2D eigenvalue weighted by atomic mass is 16.5. The molecule has 4 amide bonds. The number of hydrogen-bond acceptors (Lipinski definition) is 5. The molecule has 29 heavy (non-hydrogen) atoms. The van der Waals surface area contributed by atoms with Gasteiger partial charge in [0.05, 0.1) is 0 Å². The Labute approximate surface area is 171 Å². The van der Waals surface area contributed by atoms with E-state index < -0.39 is 36.0 Å². The second kappa shape index (κ2) is 10.0. The molecule has 0 aliphatic carbocycles. The van der Waals surface area contributed by atoms with E-state index in [2.05, 4.69) is 36.7 Å². The molecule has 0 bridgehead atoms. The van der Waals surface area contributed by atoms with Crippen molar-refractivity contribution in [2.75, 3.05) is 0 Å². The van der Waals surface area contributed by atoms with Crippen LogP contribution in [0.25, 0.3) is 0 Å². The van der Waals surface area contributed by atoms with Crippen molar-refractivity contribution in [1.29, 1.82) is 0 Å². The van der Waals surface area contributed by atoms with Crippen LogP contribution in [-0.2, 0) is 19.7 Å². The molecule has 1 rings (SSSR count). The Kier molecular flexibility index (Phi) is 8.36. The monoisotopic (exact) mass is 405 g/mol. The van der Waals surface area contributed by atoms with E-state index in [1.165, 1.54) is 13.8 Å². The number of hydrogen-bond donors (Lipinski definition) is 3. The summed E-state index contributed by atoms with van der Waals surface area (Å²) in [5, 5.41) is 7.12. The van der Waals surface area contributed by atoms with E-state index in [0.29, 0.717) is 5.56 Å². The Morgan fingerprint density at radius 1 is 0.897 bits per heavy atom. The first kappa shape index (κ1) is 24.1. The fourth-order valence-corrected chi connectivity index (χ4v) is 2.30. The highest BCUT2D eigenvalue weighted by Crippen LogP contribution is 2.22. The van der Waals surface area contributed by atoms with E-state index >= 15 is 0 Å². The number of carbonyl (C=O) groups excluding carboxylic acids is 4. The number of carbonyl (C=O) groups is 4. The minimum Gasteiger partial charge on any atom is -0.451 e. The fraction of sp³-hybridized carbons (Fsp3) is 0.524. The van der Waals surface area contributed by atoms with E-state index in [0.717, 1.165) is 5.56 Å². The topological polar surface area (TPSA) is 114 Å². The van der Waals surface area contributed by atoms with Gasteiger partial charge in [0.25, 0.3) is 11.8 Å². The van der Waals surface area contributed by atoms with Crippen LogP contribution < -0.4 is 16.0 Å². The van der Waals surface area contributed by atoms with Crippen molar-refractivity contribution in [1.82, 2.24) is 16.0 Å². The lowest BCUT2D eigenvalue weighted by atomic mass is 9.86. The van der Waals surface area contributed by atoms with Gasteiger partial charge in [0.1, 0.15) is 6.04 Å². The molecule has 0 aromatic heterocycles. The van der Waals surface area contributed by atoms with Crippen molar-refractivity contribution in [3.05, 3.63) is 35.4 Å². The average molecular weight is 405 g/mol. The normalized spacial score (nSPS) is 13.2. The Bertz CT molecular complexity index is 751. The first-order chi connectivity index (χ1) is 13.3. The fourth-order valence-electron chi connectivity index (χ4n) is 2.30. The predicted octanol–water partition coefficient (Wildman–Crippen LogP) is 2.27. The standard InChI is InChI=1S/C21H31N3O5/c1-12(2)22-20(28)24-17(25)14(4)29-19(27)13(3)23-18(26)15-8-10-16(11-9-15)21(5,6)7/h8-14H,1-7H3,(H,23,26)(H2,22,24,25,28)/t13-,14-/m0/s1. The third kappa shape index (κ3) is 7.93. The van der Waals surface area contributed by atoms with Crippen LogP contribution in [0.15, 0.2) is 24.3 Å². The molecule has 0 heterocycles. The Morgan fingerprint density at radius 2 is 1.45 bits per heavy atom. The van der Waals surface area contributed by atoms with Crippen LogP contribution in [0.4, 0.5) is 4.79 Å². The average Bonchev–Trinajstić information content (AvgIpc) is 2.59. The number of esters is 1. The lowest BCUT2D eigenvalue weighted by molar-refractivity contribution is -0.155. The minimum absolute atomic E-state index is 0.0329. The number of amides is 4. The molecular formula is C21H31N3O5. The zero-order valence-electron chi connectivity index (χ0n) is 18.1. The second-order valence-electron chi connectivity index (χ2n) is 8.22. The summed E-state index contributed by atoms with van der Waals surface area (Å²) >= 11 is 0. The molecule has 0 unspecified atom stereocenters. The summed E-state index contributed by atoms with van der Waals surface area (Å²) < 4.78 is 5.03. The molecule has 0 spiro atoms. The maximum absolute atomic E-state index is 12.3. The third-order valence-electron chi connectivity index (χ3n) is 4.03. The van der Waals surface area contributed by atoms with Crippen LogP contribution in [0.1, 0.15) is 64.4 Å². The largest absolute Gasteiger partial charge is 0.451 e. The van der Waals surface area contributed by atoms with Gasteiger partial charge in [-0.25, -0.2) is 9.59 Å². The minimum atomic E-state index is -1.19. The molecule has 1 aromatic carbocycles. The van der Waals surface area contributed by atoms with E-state index in [4.69, 9.17) is 4.74 Å².